The van der Waals surface area contributed by atoms with Crippen molar-refractivity contribution in [2.75, 3.05) is 36.0 Å². The maximum atomic E-state index is 12.1. The third-order valence-corrected chi connectivity index (χ3v) is 5.02. The molecule has 1 unspecified atom stereocenters. The number of hydrogen-bond acceptors (Lipinski definition) is 4. The fourth-order valence-corrected chi connectivity index (χ4v) is 3.19. The smallest absolute Gasteiger partial charge is 0.270 e. The fraction of sp³-hybridized carbons (Fsp3) is 0.400. The molecule has 1 amide bonds. The highest BCUT2D eigenvalue weighted by molar-refractivity contribution is 6.30. The summed E-state index contributed by atoms with van der Waals surface area (Å²) >= 11 is 6.09. The average molecular weight is 373 g/mol. The van der Waals surface area contributed by atoms with Gasteiger partial charge >= 0.3 is 0 Å². The van der Waals surface area contributed by atoms with Crippen molar-refractivity contribution in [3.63, 3.8) is 0 Å². The van der Waals surface area contributed by atoms with Crippen LogP contribution in [-0.4, -0.2) is 43.1 Å². The maximum Gasteiger partial charge on any atom is 0.270 e. The molecule has 1 aliphatic heterocycles. The van der Waals surface area contributed by atoms with Crippen LogP contribution in [0.25, 0.3) is 0 Å². The molecule has 0 spiro atoms. The number of nitrogens with one attached hydrogen (secondary N) is 1. The van der Waals surface area contributed by atoms with Crippen molar-refractivity contribution >= 4 is 28.9 Å². The first-order chi connectivity index (χ1) is 12.6. The zero-order chi connectivity index (χ0) is 18.5. The van der Waals surface area contributed by atoms with E-state index in [9.17, 15) is 4.79 Å². The third-order valence-electron chi connectivity index (χ3n) is 4.79. The van der Waals surface area contributed by atoms with Gasteiger partial charge in [0.2, 0.25) is 0 Å². The molecule has 5 nitrogen and oxygen atoms in total. The quantitative estimate of drug-likeness (QED) is 0.871. The molecule has 1 atom stereocenters. The van der Waals surface area contributed by atoms with E-state index >= 15 is 0 Å². The van der Waals surface area contributed by atoms with E-state index in [0.29, 0.717) is 5.69 Å². The first kappa shape index (κ1) is 18.5. The summed E-state index contributed by atoms with van der Waals surface area (Å²) < 4.78 is 0. The number of nitrogens with zero attached hydrogens (tertiary/aromatic N) is 3. The van der Waals surface area contributed by atoms with Crippen LogP contribution in [0.3, 0.4) is 0 Å². The van der Waals surface area contributed by atoms with Crippen molar-refractivity contribution in [1.29, 1.82) is 0 Å². The maximum absolute atomic E-state index is 12.1. The molecule has 1 aromatic carbocycles. The normalized spacial score (nSPS) is 15.7. The van der Waals surface area contributed by atoms with Crippen LogP contribution < -0.4 is 15.1 Å². The van der Waals surface area contributed by atoms with Crippen molar-refractivity contribution in [2.24, 2.45) is 0 Å². The van der Waals surface area contributed by atoms with Crippen LogP contribution >= 0.6 is 11.6 Å². The number of piperazine rings is 1. The number of aromatic nitrogens is 1. The molecule has 1 saturated heterocycles. The number of anilines is 2. The number of carbonyl (C=O) groups excluding carboxylic acids is 1. The van der Waals surface area contributed by atoms with Gasteiger partial charge in [0.1, 0.15) is 5.69 Å². The summed E-state index contributed by atoms with van der Waals surface area (Å²) in [6.45, 7) is 7.71. The monoisotopic (exact) mass is 372 g/mol. The Kier molecular flexibility index (Phi) is 5.99. The number of pyridine rings is 1. The van der Waals surface area contributed by atoms with Crippen LogP contribution in [0.2, 0.25) is 5.02 Å². The van der Waals surface area contributed by atoms with E-state index in [0.717, 1.165) is 49.0 Å². The summed E-state index contributed by atoms with van der Waals surface area (Å²) in [5.41, 5.74) is 2.68. The van der Waals surface area contributed by atoms with Crippen molar-refractivity contribution in [2.45, 2.75) is 26.3 Å². The predicted molar refractivity (Wildman–Crippen MR) is 107 cm³/mol. The van der Waals surface area contributed by atoms with Gasteiger partial charge in [-0.15, -0.1) is 0 Å². The molecule has 2 heterocycles. The zero-order valence-corrected chi connectivity index (χ0v) is 16.0. The van der Waals surface area contributed by atoms with Gasteiger partial charge in [0.25, 0.3) is 5.91 Å². The second-order valence-electron chi connectivity index (χ2n) is 6.64. The Morgan fingerprint density at radius 1 is 1.15 bits per heavy atom. The van der Waals surface area contributed by atoms with Crippen LogP contribution in [0.4, 0.5) is 11.4 Å². The highest BCUT2D eigenvalue weighted by Crippen LogP contribution is 2.22. The summed E-state index contributed by atoms with van der Waals surface area (Å²) in [5.74, 6) is -0.114. The van der Waals surface area contributed by atoms with E-state index in [1.165, 1.54) is 0 Å². The molecule has 0 radical (unpaired) electrons. The minimum Gasteiger partial charge on any atom is -0.368 e. The summed E-state index contributed by atoms with van der Waals surface area (Å²) in [7, 11) is 0. The molecule has 3 rings (SSSR count). The number of amides is 1. The molecule has 0 bridgehead atoms. The van der Waals surface area contributed by atoms with Crippen LogP contribution in [0.5, 0.6) is 0 Å². The summed E-state index contributed by atoms with van der Waals surface area (Å²) in [6, 6.07) is 11.9. The Labute approximate surface area is 160 Å². The second kappa shape index (κ2) is 8.41. The number of rotatable bonds is 5. The van der Waals surface area contributed by atoms with Gasteiger partial charge in [-0.2, -0.15) is 0 Å². The largest absolute Gasteiger partial charge is 0.368 e. The zero-order valence-electron chi connectivity index (χ0n) is 15.3. The van der Waals surface area contributed by atoms with E-state index in [1.54, 1.807) is 12.3 Å². The minimum atomic E-state index is -0.114. The number of carbonyl (C=O) groups is 1. The summed E-state index contributed by atoms with van der Waals surface area (Å²) in [6.07, 6.45) is 2.70. The molecule has 138 valence electrons. The Morgan fingerprint density at radius 3 is 2.42 bits per heavy atom. The van der Waals surface area contributed by atoms with Crippen LogP contribution in [0, 0.1) is 0 Å². The molecular weight excluding hydrogens is 348 g/mol. The first-order valence-electron chi connectivity index (χ1n) is 9.09. The lowest BCUT2D eigenvalue weighted by molar-refractivity contribution is 0.0934. The van der Waals surface area contributed by atoms with Gasteiger partial charge in [0.15, 0.2) is 0 Å². The van der Waals surface area contributed by atoms with E-state index < -0.39 is 0 Å². The molecule has 1 N–H and O–H groups in total. The molecule has 0 aliphatic carbocycles. The fourth-order valence-electron chi connectivity index (χ4n) is 3.00. The molecule has 26 heavy (non-hydrogen) atoms. The van der Waals surface area contributed by atoms with Crippen LogP contribution in [-0.2, 0) is 0 Å². The Bertz CT molecular complexity index is 742. The van der Waals surface area contributed by atoms with Gasteiger partial charge < -0.3 is 15.1 Å². The molecule has 1 fully saturated rings. The molecule has 0 saturated carbocycles. The topological polar surface area (TPSA) is 48.5 Å². The molecular formula is C20H25ClN4O. The number of halogens is 1. The van der Waals surface area contributed by atoms with Gasteiger partial charge in [0, 0.05) is 42.9 Å². The highest BCUT2D eigenvalue weighted by atomic mass is 35.5. The Hall–Kier alpha value is -2.27. The van der Waals surface area contributed by atoms with E-state index in [1.807, 2.05) is 38.1 Å². The number of benzene rings is 1. The van der Waals surface area contributed by atoms with Gasteiger partial charge in [-0.25, -0.2) is 4.98 Å². The molecule has 1 aliphatic rings. The lowest BCUT2D eigenvalue weighted by Crippen LogP contribution is -2.46. The second-order valence-corrected chi connectivity index (χ2v) is 7.07. The summed E-state index contributed by atoms with van der Waals surface area (Å²) in [4.78, 5) is 21.1. The minimum absolute atomic E-state index is 0.114. The van der Waals surface area contributed by atoms with Crippen LogP contribution in [0.15, 0.2) is 42.6 Å². The van der Waals surface area contributed by atoms with Gasteiger partial charge in [-0.3, -0.25) is 4.79 Å². The lowest BCUT2D eigenvalue weighted by atomic mass is 10.2. The van der Waals surface area contributed by atoms with Crippen molar-refractivity contribution in [3.05, 3.63) is 53.3 Å². The Morgan fingerprint density at radius 2 is 1.85 bits per heavy atom. The van der Waals surface area contributed by atoms with E-state index in [2.05, 4.69) is 26.2 Å². The molecule has 2 aromatic rings. The molecule has 1 aromatic heterocycles. The van der Waals surface area contributed by atoms with Gasteiger partial charge in [-0.1, -0.05) is 24.6 Å². The predicted octanol–water partition coefficient (Wildman–Crippen LogP) is 3.59. The first-order valence-corrected chi connectivity index (χ1v) is 9.47. The van der Waals surface area contributed by atoms with Crippen molar-refractivity contribution < 1.29 is 4.79 Å². The lowest BCUT2D eigenvalue weighted by Gasteiger charge is -2.37. The van der Waals surface area contributed by atoms with E-state index in [-0.39, 0.29) is 11.9 Å². The van der Waals surface area contributed by atoms with Crippen molar-refractivity contribution in [3.8, 4) is 0 Å². The van der Waals surface area contributed by atoms with E-state index in [4.69, 9.17) is 11.6 Å². The van der Waals surface area contributed by atoms with Gasteiger partial charge in [-0.05, 0) is 43.7 Å². The van der Waals surface area contributed by atoms with Crippen molar-refractivity contribution in [1.82, 2.24) is 10.3 Å². The Balaban J connectivity index is 1.58. The standard InChI is InChI=1S/C20H25ClN4O/c1-3-15(2)23-20(26)19-8-7-18(14-22-19)25-11-9-24(10-12-25)17-6-4-5-16(21)13-17/h4-8,13-15H,3,9-12H2,1-2H3,(H,23,26). The SMILES string of the molecule is CCC(C)NC(=O)c1ccc(N2CCN(c3cccc(Cl)c3)CC2)cn1. The number of hydrogen-bond donors (Lipinski definition) is 1. The average Bonchev–Trinajstić information content (AvgIpc) is 2.68. The summed E-state index contributed by atoms with van der Waals surface area (Å²) in [5, 5.41) is 3.71. The third kappa shape index (κ3) is 4.47. The molecule has 6 heteroatoms. The van der Waals surface area contributed by atoms with Crippen LogP contribution in [0.1, 0.15) is 30.8 Å². The highest BCUT2D eigenvalue weighted by Gasteiger charge is 2.18. The van der Waals surface area contributed by atoms with Gasteiger partial charge in [0.05, 0.1) is 11.9 Å².